The van der Waals surface area contributed by atoms with Crippen LogP contribution in [0.25, 0.3) is 0 Å². The molecule has 1 heterocycles. The Labute approximate surface area is 160 Å². The molecule has 0 aliphatic carbocycles. The van der Waals surface area contributed by atoms with Crippen LogP contribution >= 0.6 is 12.2 Å². The van der Waals surface area contributed by atoms with Crippen LogP contribution in [-0.2, 0) is 6.61 Å². The summed E-state index contributed by atoms with van der Waals surface area (Å²) in [6.45, 7) is 2.48. The number of hydrogen-bond acceptors (Lipinski definition) is 6. The van der Waals surface area contributed by atoms with Gasteiger partial charge in [-0.25, -0.2) is 0 Å². The molecule has 27 heavy (non-hydrogen) atoms. The largest absolute Gasteiger partial charge is 0.493 e. The summed E-state index contributed by atoms with van der Waals surface area (Å²) in [6.07, 6.45) is 2.62. The Kier molecular flexibility index (Phi) is 5.77. The molecule has 0 saturated heterocycles. The molecule has 8 heteroatoms. The maximum absolute atomic E-state index is 11.7. The summed E-state index contributed by atoms with van der Waals surface area (Å²) in [4.78, 5) is 11.7. The second-order valence-corrected chi connectivity index (χ2v) is 6.14. The molecule has 0 fully saturated rings. The van der Waals surface area contributed by atoms with Crippen LogP contribution in [0.15, 0.2) is 58.6 Å². The van der Waals surface area contributed by atoms with Gasteiger partial charge in [0.05, 0.1) is 13.3 Å². The van der Waals surface area contributed by atoms with Gasteiger partial charge in [0.15, 0.2) is 11.5 Å². The van der Waals surface area contributed by atoms with Gasteiger partial charge < -0.3 is 9.47 Å². The smallest absolute Gasteiger partial charge is 0.293 e. The zero-order valence-corrected chi connectivity index (χ0v) is 15.7. The molecule has 0 bridgehead atoms. The lowest BCUT2D eigenvalue weighted by atomic mass is 10.2. The van der Waals surface area contributed by atoms with Crippen LogP contribution < -0.4 is 15.0 Å². The van der Waals surface area contributed by atoms with E-state index in [-0.39, 0.29) is 4.77 Å². The van der Waals surface area contributed by atoms with Crippen molar-refractivity contribution in [3.05, 3.63) is 80.5 Å². The summed E-state index contributed by atoms with van der Waals surface area (Å²) in [6, 6.07) is 13.5. The Hall–Kier alpha value is -3.26. The lowest BCUT2D eigenvalue weighted by Crippen LogP contribution is -2.18. The van der Waals surface area contributed by atoms with Crippen molar-refractivity contribution in [1.29, 1.82) is 0 Å². The van der Waals surface area contributed by atoms with E-state index in [9.17, 15) is 4.79 Å². The molecule has 3 aromatic rings. The van der Waals surface area contributed by atoms with Crippen molar-refractivity contribution in [3.8, 4) is 11.5 Å². The summed E-state index contributed by atoms with van der Waals surface area (Å²) in [5.74, 6) is 1.19. The predicted octanol–water partition coefficient (Wildman–Crippen LogP) is 3.08. The van der Waals surface area contributed by atoms with Crippen molar-refractivity contribution < 1.29 is 9.47 Å². The van der Waals surface area contributed by atoms with Crippen molar-refractivity contribution >= 4 is 18.4 Å². The highest BCUT2D eigenvalue weighted by molar-refractivity contribution is 7.71. The topological polar surface area (TPSA) is 81.5 Å². The van der Waals surface area contributed by atoms with E-state index in [2.05, 4.69) is 15.3 Å². The van der Waals surface area contributed by atoms with Crippen LogP contribution in [0.2, 0.25) is 0 Å². The number of benzene rings is 2. The number of rotatable bonds is 6. The van der Waals surface area contributed by atoms with E-state index in [0.29, 0.717) is 18.1 Å². The molecule has 0 amide bonds. The van der Waals surface area contributed by atoms with Crippen LogP contribution in [0.3, 0.4) is 0 Å². The van der Waals surface area contributed by atoms with E-state index in [1.807, 2.05) is 37.3 Å². The van der Waals surface area contributed by atoms with Gasteiger partial charge in [-0.15, -0.1) is 0 Å². The van der Waals surface area contributed by atoms with Crippen LogP contribution in [-0.4, -0.2) is 28.2 Å². The number of aromatic nitrogens is 3. The van der Waals surface area contributed by atoms with Gasteiger partial charge in [-0.3, -0.25) is 9.89 Å². The second kappa shape index (κ2) is 8.41. The van der Waals surface area contributed by atoms with Crippen LogP contribution in [0.1, 0.15) is 16.7 Å². The van der Waals surface area contributed by atoms with Crippen LogP contribution in [0.5, 0.6) is 11.5 Å². The Balaban J connectivity index is 1.77. The van der Waals surface area contributed by atoms with Gasteiger partial charge in [0.1, 0.15) is 12.8 Å². The quantitative estimate of drug-likeness (QED) is 0.523. The third kappa shape index (κ3) is 4.68. The summed E-state index contributed by atoms with van der Waals surface area (Å²) in [5, 5.41) is 10.2. The fraction of sp³-hybridized carbons (Fsp3) is 0.158. The predicted molar refractivity (Wildman–Crippen MR) is 105 cm³/mol. The first kappa shape index (κ1) is 18.5. The van der Waals surface area contributed by atoms with Gasteiger partial charge in [-0.2, -0.15) is 14.9 Å². The molecule has 138 valence electrons. The minimum atomic E-state index is -0.417. The fourth-order valence-electron chi connectivity index (χ4n) is 2.31. The van der Waals surface area contributed by atoms with E-state index in [0.717, 1.165) is 22.0 Å². The van der Waals surface area contributed by atoms with Gasteiger partial charge >= 0.3 is 0 Å². The molecule has 3 rings (SSSR count). The first-order chi connectivity index (χ1) is 13.1. The minimum Gasteiger partial charge on any atom is -0.493 e. The zero-order chi connectivity index (χ0) is 19.2. The molecule has 0 aliphatic rings. The highest BCUT2D eigenvalue weighted by atomic mass is 32.1. The lowest BCUT2D eigenvalue weighted by molar-refractivity contribution is 0.284. The molecule has 0 saturated carbocycles. The van der Waals surface area contributed by atoms with Gasteiger partial charge in [-0.1, -0.05) is 29.8 Å². The number of methoxy groups -OCH3 is 1. The molecular weight excluding hydrogens is 364 g/mol. The summed E-state index contributed by atoms with van der Waals surface area (Å²) in [5.41, 5.74) is 2.58. The lowest BCUT2D eigenvalue weighted by Gasteiger charge is -2.11. The number of aromatic amines is 1. The number of nitrogens with one attached hydrogen (secondary N) is 1. The van der Waals surface area contributed by atoms with Crippen LogP contribution in [0.4, 0.5) is 0 Å². The number of H-pyrrole nitrogens is 1. The van der Waals surface area contributed by atoms with E-state index >= 15 is 0 Å². The summed E-state index contributed by atoms with van der Waals surface area (Å²) >= 11 is 5.00. The normalized spacial score (nSPS) is 10.9. The van der Waals surface area contributed by atoms with Crippen LogP contribution in [0, 0.1) is 11.7 Å². The fourth-order valence-corrected chi connectivity index (χ4v) is 2.50. The van der Waals surface area contributed by atoms with E-state index < -0.39 is 5.56 Å². The first-order valence-electron chi connectivity index (χ1n) is 8.14. The van der Waals surface area contributed by atoms with Crippen molar-refractivity contribution in [3.63, 3.8) is 0 Å². The number of hydrogen-bond donors (Lipinski definition) is 1. The minimum absolute atomic E-state index is 0.115. The van der Waals surface area contributed by atoms with Gasteiger partial charge in [0, 0.05) is 0 Å². The number of aryl methyl sites for hydroxylation is 1. The van der Waals surface area contributed by atoms with E-state index in [4.69, 9.17) is 21.7 Å². The van der Waals surface area contributed by atoms with Gasteiger partial charge in [0.2, 0.25) is 4.77 Å². The third-order valence-corrected chi connectivity index (χ3v) is 4.03. The van der Waals surface area contributed by atoms with E-state index in [1.54, 1.807) is 19.2 Å². The van der Waals surface area contributed by atoms with E-state index in [1.165, 1.54) is 11.8 Å². The van der Waals surface area contributed by atoms with Crippen molar-refractivity contribution in [2.24, 2.45) is 5.10 Å². The Morgan fingerprint density at radius 3 is 2.70 bits per heavy atom. The Morgan fingerprint density at radius 2 is 2.00 bits per heavy atom. The Morgan fingerprint density at radius 1 is 1.22 bits per heavy atom. The molecule has 1 N–H and O–H groups in total. The molecule has 2 aromatic carbocycles. The highest BCUT2D eigenvalue weighted by Gasteiger charge is 2.06. The Bertz CT molecular complexity index is 1040. The molecular formula is C19H18N4O3S. The molecule has 1 aromatic heterocycles. The molecule has 7 nitrogen and oxygen atoms in total. The maximum atomic E-state index is 11.7. The second-order valence-electron chi connectivity index (χ2n) is 5.75. The zero-order valence-electron chi connectivity index (χ0n) is 14.9. The van der Waals surface area contributed by atoms with Crippen molar-refractivity contribution in [2.45, 2.75) is 13.5 Å². The molecule has 0 spiro atoms. The highest BCUT2D eigenvalue weighted by Crippen LogP contribution is 2.28. The number of ether oxygens (including phenoxy) is 2. The molecule has 0 atom stereocenters. The molecule has 0 unspecified atom stereocenters. The standard InChI is InChI=1S/C19H18N4O3S/c1-13-3-5-14(6-4-13)12-26-16-8-7-15(9-17(16)25-2)10-21-23-18(24)11-20-22-19(23)27/h3-11H,12H2,1-2H3,(H,22,27)/b21-10+. The van der Waals surface area contributed by atoms with Gasteiger partial charge in [-0.05, 0) is 48.5 Å². The van der Waals surface area contributed by atoms with Crippen molar-refractivity contribution in [1.82, 2.24) is 14.9 Å². The average Bonchev–Trinajstić information content (AvgIpc) is 2.67. The van der Waals surface area contributed by atoms with Crippen molar-refractivity contribution in [2.75, 3.05) is 7.11 Å². The maximum Gasteiger partial charge on any atom is 0.293 e. The molecule has 0 radical (unpaired) electrons. The first-order valence-corrected chi connectivity index (χ1v) is 8.55. The number of nitrogens with zero attached hydrogens (tertiary/aromatic N) is 3. The third-order valence-electron chi connectivity index (χ3n) is 3.76. The SMILES string of the molecule is COc1cc(/C=N/n2c(=O)cn[nH]c2=S)ccc1OCc1ccc(C)cc1. The molecule has 0 aliphatic heterocycles. The average molecular weight is 382 g/mol. The summed E-state index contributed by atoms with van der Waals surface area (Å²) < 4.78 is 12.4. The monoisotopic (exact) mass is 382 g/mol. The van der Waals surface area contributed by atoms with Gasteiger partial charge in [0.25, 0.3) is 5.56 Å². The summed E-state index contributed by atoms with van der Waals surface area (Å²) in [7, 11) is 1.57.